The minimum atomic E-state index is -1.01. The van der Waals surface area contributed by atoms with Crippen LogP contribution < -0.4 is 4.73 Å². The largest absolute Gasteiger partial charge is 0.618 e. The zero-order valence-electron chi connectivity index (χ0n) is 15.5. The summed E-state index contributed by atoms with van der Waals surface area (Å²) in [4.78, 5) is 26.8. The van der Waals surface area contributed by atoms with Crippen LogP contribution in [0.3, 0.4) is 0 Å². The Bertz CT molecular complexity index is 769. The van der Waals surface area contributed by atoms with Gasteiger partial charge < -0.3 is 14.8 Å². The number of carbonyl (C=O) groups excluding carboxylic acids is 2. The van der Waals surface area contributed by atoms with E-state index < -0.39 is 17.6 Å². The Balaban J connectivity index is 2.14. The number of rotatable bonds is 5. The lowest BCUT2D eigenvalue weighted by Crippen LogP contribution is -2.50. The van der Waals surface area contributed by atoms with Crippen LogP contribution in [0.1, 0.15) is 43.7 Å². The molecule has 0 aliphatic rings. The molecular weight excluding hydrogens is 332 g/mol. The molecule has 0 bridgehead atoms. The summed E-state index contributed by atoms with van der Waals surface area (Å²) in [7, 11) is 0. The summed E-state index contributed by atoms with van der Waals surface area (Å²) >= 11 is 0. The first-order valence-electron chi connectivity index (χ1n) is 8.44. The molecular formula is C20H24N2O4. The van der Waals surface area contributed by atoms with Gasteiger partial charge in [0.25, 0.3) is 5.91 Å². The molecule has 1 aromatic heterocycles. The molecule has 0 N–H and O–H groups in total. The first-order chi connectivity index (χ1) is 12.2. The van der Waals surface area contributed by atoms with Crippen molar-refractivity contribution in [1.29, 1.82) is 0 Å². The van der Waals surface area contributed by atoms with Crippen LogP contribution in [0, 0.1) is 5.21 Å². The first kappa shape index (κ1) is 19.4. The molecule has 0 radical (unpaired) electrons. The van der Waals surface area contributed by atoms with Gasteiger partial charge in [-0.1, -0.05) is 30.3 Å². The average Bonchev–Trinajstić information content (AvgIpc) is 2.59. The van der Waals surface area contributed by atoms with E-state index in [1.165, 1.54) is 25.3 Å². The summed E-state index contributed by atoms with van der Waals surface area (Å²) in [6.45, 7) is 7.68. The number of aromatic nitrogens is 1. The summed E-state index contributed by atoms with van der Waals surface area (Å²) in [6, 6.07) is 14.0. The number of ether oxygens (including phenoxy) is 1. The Morgan fingerprint density at radius 1 is 1.12 bits per heavy atom. The lowest BCUT2D eigenvalue weighted by molar-refractivity contribution is -0.608. The van der Waals surface area contributed by atoms with Gasteiger partial charge in [0.05, 0.1) is 0 Å². The number of benzene rings is 1. The topological polar surface area (TPSA) is 73.5 Å². The minimum absolute atomic E-state index is 0.155. The van der Waals surface area contributed by atoms with Gasteiger partial charge in [0.1, 0.15) is 0 Å². The Morgan fingerprint density at radius 2 is 1.73 bits per heavy atom. The minimum Gasteiger partial charge on any atom is -0.618 e. The van der Waals surface area contributed by atoms with Crippen molar-refractivity contribution in [3.05, 3.63) is 71.2 Å². The van der Waals surface area contributed by atoms with Crippen molar-refractivity contribution in [3.8, 4) is 0 Å². The van der Waals surface area contributed by atoms with Gasteiger partial charge in [0.15, 0.2) is 12.3 Å². The average molecular weight is 356 g/mol. The molecule has 1 amide bonds. The highest BCUT2D eigenvalue weighted by atomic mass is 16.6. The summed E-state index contributed by atoms with van der Waals surface area (Å²) in [5, 5.41) is 11.7. The van der Waals surface area contributed by atoms with Gasteiger partial charge >= 0.3 is 11.7 Å². The van der Waals surface area contributed by atoms with Crippen molar-refractivity contribution in [1.82, 2.24) is 4.90 Å². The van der Waals surface area contributed by atoms with Gasteiger partial charge in [-0.25, -0.2) is 4.79 Å². The maximum absolute atomic E-state index is 12.9. The van der Waals surface area contributed by atoms with E-state index in [9.17, 15) is 14.8 Å². The summed E-state index contributed by atoms with van der Waals surface area (Å²) in [6.07, 6.45) is 0.200. The van der Waals surface area contributed by atoms with Crippen LogP contribution in [-0.4, -0.2) is 28.4 Å². The van der Waals surface area contributed by atoms with E-state index in [2.05, 4.69) is 0 Å². The molecule has 6 heteroatoms. The molecule has 0 aliphatic carbocycles. The van der Waals surface area contributed by atoms with Crippen LogP contribution in [0.4, 0.5) is 0 Å². The molecule has 0 aliphatic heterocycles. The SMILES string of the molecule is C[C@H](OC(=O)c1cccc[n+]1[O-])C(=O)N(Cc1ccccc1)C(C)(C)C. The van der Waals surface area contributed by atoms with E-state index in [1.54, 1.807) is 11.0 Å². The fourth-order valence-corrected chi connectivity index (χ4v) is 2.49. The molecule has 1 atom stereocenters. The van der Waals surface area contributed by atoms with Gasteiger partial charge in [-0.2, -0.15) is 4.73 Å². The Morgan fingerprint density at radius 3 is 2.31 bits per heavy atom. The second-order valence-corrected chi connectivity index (χ2v) is 7.04. The highest BCUT2D eigenvalue weighted by Gasteiger charge is 2.33. The maximum atomic E-state index is 12.9. The van der Waals surface area contributed by atoms with Crippen molar-refractivity contribution in [2.45, 2.75) is 45.9 Å². The molecule has 0 unspecified atom stereocenters. The van der Waals surface area contributed by atoms with Gasteiger partial charge in [0.2, 0.25) is 0 Å². The zero-order valence-corrected chi connectivity index (χ0v) is 15.5. The Kier molecular flexibility index (Phi) is 5.97. The van der Waals surface area contributed by atoms with E-state index in [0.717, 1.165) is 5.56 Å². The highest BCUT2D eigenvalue weighted by Crippen LogP contribution is 2.20. The number of carbonyl (C=O) groups is 2. The molecule has 2 aromatic rings. The predicted octanol–water partition coefficient (Wildman–Crippen LogP) is 2.69. The lowest BCUT2D eigenvalue weighted by atomic mass is 10.0. The smallest absolute Gasteiger partial charge is 0.405 e. The first-order valence-corrected chi connectivity index (χ1v) is 8.44. The fraction of sp³-hybridized carbons (Fsp3) is 0.350. The standard InChI is InChI=1S/C20H24N2O4/c1-15(26-19(24)17-12-8-9-13-22(17)25)18(23)21(20(2,3)4)14-16-10-6-5-7-11-16/h5-13,15H,14H2,1-4H3/t15-/m0/s1. The van der Waals surface area contributed by atoms with E-state index in [0.29, 0.717) is 11.3 Å². The molecule has 0 saturated carbocycles. The van der Waals surface area contributed by atoms with Gasteiger partial charge in [0, 0.05) is 24.2 Å². The predicted molar refractivity (Wildman–Crippen MR) is 97.0 cm³/mol. The number of pyridine rings is 1. The van der Waals surface area contributed by atoms with Crippen LogP contribution >= 0.6 is 0 Å². The third-order valence-electron chi connectivity index (χ3n) is 3.92. The van der Waals surface area contributed by atoms with E-state index >= 15 is 0 Å². The Labute approximate surface area is 153 Å². The molecule has 0 fully saturated rings. The van der Waals surface area contributed by atoms with Crippen molar-refractivity contribution in [2.24, 2.45) is 0 Å². The van der Waals surface area contributed by atoms with Crippen molar-refractivity contribution in [3.63, 3.8) is 0 Å². The Hall–Kier alpha value is -2.89. The zero-order chi connectivity index (χ0) is 19.3. The highest BCUT2D eigenvalue weighted by molar-refractivity contribution is 5.89. The molecule has 26 heavy (non-hydrogen) atoms. The molecule has 2 rings (SSSR count). The van der Waals surface area contributed by atoms with E-state index in [4.69, 9.17) is 4.74 Å². The fourth-order valence-electron chi connectivity index (χ4n) is 2.49. The molecule has 6 nitrogen and oxygen atoms in total. The molecule has 1 heterocycles. The quantitative estimate of drug-likeness (QED) is 0.469. The van der Waals surface area contributed by atoms with Crippen LogP contribution in [0.15, 0.2) is 54.7 Å². The molecule has 138 valence electrons. The normalized spacial score (nSPS) is 12.3. The van der Waals surface area contributed by atoms with Crippen molar-refractivity contribution < 1.29 is 19.1 Å². The second kappa shape index (κ2) is 7.99. The maximum Gasteiger partial charge on any atom is 0.405 e. The number of amides is 1. The van der Waals surface area contributed by atoms with Gasteiger partial charge in [-0.15, -0.1) is 0 Å². The number of nitrogens with zero attached hydrogens (tertiary/aromatic N) is 2. The monoisotopic (exact) mass is 356 g/mol. The van der Waals surface area contributed by atoms with Gasteiger partial charge in [-0.3, -0.25) is 4.79 Å². The number of hydrogen-bond acceptors (Lipinski definition) is 4. The summed E-state index contributed by atoms with van der Waals surface area (Å²) < 4.78 is 5.66. The summed E-state index contributed by atoms with van der Waals surface area (Å²) in [5.41, 5.74) is 0.367. The third kappa shape index (κ3) is 4.81. The van der Waals surface area contributed by atoms with Gasteiger partial charge in [-0.05, 0) is 39.3 Å². The second-order valence-electron chi connectivity index (χ2n) is 7.04. The number of esters is 1. The van der Waals surface area contributed by atoms with Crippen LogP contribution in [-0.2, 0) is 16.1 Å². The van der Waals surface area contributed by atoms with Crippen LogP contribution in [0.5, 0.6) is 0 Å². The van der Waals surface area contributed by atoms with Crippen LogP contribution in [0.25, 0.3) is 0 Å². The molecule has 0 spiro atoms. The summed E-state index contributed by atoms with van der Waals surface area (Å²) in [5.74, 6) is -1.14. The van der Waals surface area contributed by atoms with E-state index in [1.807, 2.05) is 51.1 Å². The lowest BCUT2D eigenvalue weighted by Gasteiger charge is -2.37. The number of hydrogen-bond donors (Lipinski definition) is 0. The van der Waals surface area contributed by atoms with Crippen molar-refractivity contribution in [2.75, 3.05) is 0 Å². The van der Waals surface area contributed by atoms with Crippen LogP contribution in [0.2, 0.25) is 0 Å². The molecule has 1 aromatic carbocycles. The van der Waals surface area contributed by atoms with E-state index in [-0.39, 0.29) is 11.6 Å². The van der Waals surface area contributed by atoms with Crippen molar-refractivity contribution >= 4 is 11.9 Å². The molecule has 0 saturated heterocycles. The third-order valence-corrected chi connectivity index (χ3v) is 3.92.